The fourth-order valence-electron chi connectivity index (χ4n) is 9.58. The summed E-state index contributed by atoms with van der Waals surface area (Å²) in [6.07, 6.45) is 13.6. The third kappa shape index (κ3) is 8.41. The van der Waals surface area contributed by atoms with Crippen LogP contribution in [0.2, 0.25) is 0 Å². The molecule has 4 aromatic heterocycles. The van der Waals surface area contributed by atoms with Crippen molar-refractivity contribution < 1.29 is 13.1 Å². The van der Waals surface area contributed by atoms with Gasteiger partial charge in [0.05, 0.1) is 25.5 Å². The predicted molar refractivity (Wildman–Crippen MR) is 242 cm³/mol. The van der Waals surface area contributed by atoms with Crippen LogP contribution in [0.15, 0.2) is 44.6 Å². The van der Waals surface area contributed by atoms with Crippen molar-refractivity contribution in [1.29, 1.82) is 0 Å². The van der Waals surface area contributed by atoms with Crippen LogP contribution in [0.4, 0.5) is 23.3 Å². The van der Waals surface area contributed by atoms with Crippen LogP contribution in [-0.4, -0.2) is 96.1 Å². The second-order valence-electron chi connectivity index (χ2n) is 18.1. The number of aromatic amines is 2. The van der Waals surface area contributed by atoms with Crippen molar-refractivity contribution in [2.45, 2.75) is 123 Å². The van der Waals surface area contributed by atoms with E-state index >= 15 is 0 Å². The fourth-order valence-corrected chi connectivity index (χ4v) is 11.4. The first-order valence-corrected chi connectivity index (χ1v) is 24.3. The largest absolute Gasteiger partial charge is 0.633 e. The van der Waals surface area contributed by atoms with Crippen molar-refractivity contribution >= 4 is 44.9 Å². The quantitative estimate of drug-likeness (QED) is 0.0742. The van der Waals surface area contributed by atoms with Crippen LogP contribution < -0.4 is 10.6 Å². The second kappa shape index (κ2) is 16.8. The summed E-state index contributed by atoms with van der Waals surface area (Å²) >= 11 is 1.49. The van der Waals surface area contributed by atoms with Gasteiger partial charge in [-0.3, -0.25) is 9.36 Å². The zero-order chi connectivity index (χ0) is 44.4. The molecule has 6 aromatic rings. The second-order valence-corrected chi connectivity index (χ2v) is 20.9. The summed E-state index contributed by atoms with van der Waals surface area (Å²) < 4.78 is 29.2. The summed E-state index contributed by atoms with van der Waals surface area (Å²) in [5, 5.41) is 43.4. The number of aryl methyl sites for hydroxylation is 6. The van der Waals surface area contributed by atoms with E-state index in [1.165, 1.54) is 118 Å². The van der Waals surface area contributed by atoms with Crippen molar-refractivity contribution in [3.63, 3.8) is 0 Å². The van der Waals surface area contributed by atoms with Gasteiger partial charge in [-0.15, -0.1) is 10.2 Å². The van der Waals surface area contributed by atoms with Gasteiger partial charge in [0.15, 0.2) is 5.03 Å². The lowest BCUT2D eigenvalue weighted by atomic mass is 9.99. The van der Waals surface area contributed by atoms with Gasteiger partial charge >= 0.3 is 0 Å². The van der Waals surface area contributed by atoms with Gasteiger partial charge in [0.25, 0.3) is 15.0 Å². The van der Waals surface area contributed by atoms with Crippen LogP contribution in [0.25, 0.3) is 0 Å². The van der Waals surface area contributed by atoms with E-state index in [-0.39, 0.29) is 16.1 Å². The molecule has 334 valence electrons. The van der Waals surface area contributed by atoms with Crippen LogP contribution in [0.3, 0.4) is 0 Å². The summed E-state index contributed by atoms with van der Waals surface area (Å²) in [5.41, 5.74) is 15.4. The summed E-state index contributed by atoms with van der Waals surface area (Å²) in [6.45, 7) is 3.92. The minimum atomic E-state index is -4.02. The molecule has 4 N–H and O–H groups in total. The molecule has 17 nitrogen and oxygen atoms in total. The predicted octanol–water partition coefficient (Wildman–Crippen LogP) is 6.76. The molecular weight excluding hydrogens is 837 g/mol. The molecule has 19 heteroatoms. The zero-order valence-corrected chi connectivity index (χ0v) is 39.1. The Hall–Kier alpha value is -5.08. The van der Waals surface area contributed by atoms with E-state index < -0.39 is 20.5 Å². The number of aromatic nitrogens is 10. The Morgan fingerprint density at radius 3 is 1.81 bits per heavy atom. The van der Waals surface area contributed by atoms with Gasteiger partial charge in [-0.2, -0.15) is 20.2 Å². The molecule has 2 atom stereocenters. The van der Waals surface area contributed by atoms with E-state index in [1.54, 1.807) is 14.0 Å². The minimum absolute atomic E-state index is 0.163. The standard InChI is InChI=1S/C22H29N7O3S.C22H29N7S/c1-13(29(3,4)30)18-12-19(27-28(18)2)33(31,32)22-24-21(25-26-22)23-20-16-9-5-7-14(16)11-15-8-6-10-17(15)20;1-13(28(2)3)18-12-19(27-29(18)4)30-22-24-21(25-26-22)23-20-16-9-5-7-14(16)11-15-8-6-10-17(15)20/h11-13H,5-10H2,1-4H3,(H2,23,24,25,26);11-13H,5-10H2,1-4H3,(H2,23,24,25,26). The van der Waals surface area contributed by atoms with E-state index in [0.717, 1.165) is 62.1 Å². The van der Waals surface area contributed by atoms with Crippen LogP contribution in [0, 0.1) is 5.21 Å². The topological polar surface area (TPSA) is 203 Å². The third-order valence-corrected chi connectivity index (χ3v) is 15.6. The molecule has 4 heterocycles. The molecule has 4 aliphatic rings. The Morgan fingerprint density at radius 1 is 0.730 bits per heavy atom. The number of nitrogens with zero attached hydrogens (tertiary/aromatic N) is 10. The molecule has 0 saturated heterocycles. The summed E-state index contributed by atoms with van der Waals surface area (Å²) in [7, 11) is 6.77. The fraction of sp³-hybridized carbons (Fsp3) is 0.500. The molecule has 0 spiro atoms. The molecule has 2 aromatic carbocycles. The highest BCUT2D eigenvalue weighted by Gasteiger charge is 2.31. The number of H-pyrrole nitrogens is 2. The maximum Gasteiger partial charge on any atom is 0.260 e. The third-order valence-electron chi connectivity index (χ3n) is 13.4. The van der Waals surface area contributed by atoms with Crippen LogP contribution in [0.5, 0.6) is 0 Å². The van der Waals surface area contributed by atoms with Gasteiger partial charge in [0, 0.05) is 37.6 Å². The Morgan fingerprint density at radius 2 is 1.27 bits per heavy atom. The summed E-state index contributed by atoms with van der Waals surface area (Å²) in [6, 6.07) is 8.15. The van der Waals surface area contributed by atoms with Gasteiger partial charge in [0.1, 0.15) is 11.1 Å². The first kappa shape index (κ1) is 43.2. The number of hydrogen-bond acceptors (Lipinski definition) is 13. The van der Waals surface area contributed by atoms with Crippen LogP contribution in [0.1, 0.15) is 108 Å². The van der Waals surface area contributed by atoms with Gasteiger partial charge < -0.3 is 25.4 Å². The lowest BCUT2D eigenvalue weighted by molar-refractivity contribution is -0.871. The van der Waals surface area contributed by atoms with Gasteiger partial charge in [-0.05, 0) is 167 Å². The minimum Gasteiger partial charge on any atom is -0.633 e. The molecule has 0 radical (unpaired) electrons. The molecule has 0 bridgehead atoms. The number of sulfone groups is 1. The Bertz CT molecular complexity index is 2730. The van der Waals surface area contributed by atoms with Crippen molar-refractivity contribution in [3.8, 4) is 0 Å². The summed E-state index contributed by atoms with van der Waals surface area (Å²) in [4.78, 5) is 11.1. The molecule has 0 fully saturated rings. The first-order chi connectivity index (χ1) is 30.0. The number of hydrogen-bond donors (Lipinski definition) is 4. The monoisotopic (exact) mass is 894 g/mol. The van der Waals surface area contributed by atoms with Gasteiger partial charge in [-0.25, -0.2) is 18.6 Å². The van der Waals surface area contributed by atoms with Gasteiger partial charge in [-0.1, -0.05) is 12.1 Å². The van der Waals surface area contributed by atoms with Gasteiger partial charge in [0.2, 0.25) is 17.1 Å². The summed E-state index contributed by atoms with van der Waals surface area (Å²) in [5.74, 6) is 0.939. The van der Waals surface area contributed by atoms with Crippen molar-refractivity contribution in [2.75, 3.05) is 38.8 Å². The van der Waals surface area contributed by atoms with Crippen molar-refractivity contribution in [3.05, 3.63) is 85.4 Å². The van der Waals surface area contributed by atoms with Crippen molar-refractivity contribution in [2.24, 2.45) is 14.1 Å². The number of fused-ring (bicyclic) bond motifs is 4. The molecule has 63 heavy (non-hydrogen) atoms. The highest BCUT2D eigenvalue weighted by atomic mass is 32.2. The molecule has 10 rings (SSSR count). The number of rotatable bonds is 12. The molecule has 0 amide bonds. The average Bonchev–Trinajstić information content (AvgIpc) is 4.08. The number of benzene rings is 2. The molecular formula is C44H58N14O3S2. The van der Waals surface area contributed by atoms with E-state index in [0.29, 0.717) is 22.8 Å². The average molecular weight is 895 g/mol. The first-order valence-electron chi connectivity index (χ1n) is 22.0. The Kier molecular flexibility index (Phi) is 11.5. The number of anilines is 4. The SMILES string of the molecule is CC(c1cc(S(=O)(=O)c2nc(Nc3c4c(cc5c3CCC5)CCC4)n[nH]2)nn1C)[N+](C)(C)[O-].CC(c1cc(Sc2n[nH]c(Nc3c4c(cc5c3CCC5)CCC4)n2)nn1C)N(C)C. The highest BCUT2D eigenvalue weighted by molar-refractivity contribution is 7.99. The number of nitrogens with one attached hydrogen (secondary N) is 4. The Labute approximate surface area is 373 Å². The highest BCUT2D eigenvalue weighted by Crippen LogP contribution is 2.41. The molecule has 2 unspecified atom stereocenters. The lowest BCUT2D eigenvalue weighted by Gasteiger charge is -2.39. The van der Waals surface area contributed by atoms with E-state index in [4.69, 9.17) is 4.98 Å². The smallest absolute Gasteiger partial charge is 0.260 e. The van der Waals surface area contributed by atoms with Crippen molar-refractivity contribution in [1.82, 2.24) is 54.8 Å². The van der Waals surface area contributed by atoms with Crippen LogP contribution in [-0.2, 0) is 75.3 Å². The lowest BCUT2D eigenvalue weighted by Crippen LogP contribution is -2.36. The Balaban J connectivity index is 0.000000161. The normalized spacial score (nSPS) is 16.4. The van der Waals surface area contributed by atoms with E-state index in [1.807, 2.05) is 11.7 Å². The molecule has 0 aliphatic heterocycles. The molecule has 4 aliphatic carbocycles. The van der Waals surface area contributed by atoms with Crippen LogP contribution >= 0.6 is 11.8 Å². The molecule has 0 saturated carbocycles. The van der Waals surface area contributed by atoms with E-state index in [9.17, 15) is 13.6 Å². The van der Waals surface area contributed by atoms with E-state index in [2.05, 4.69) is 90.3 Å². The zero-order valence-electron chi connectivity index (χ0n) is 37.5. The number of hydroxylamine groups is 3. The maximum absolute atomic E-state index is 13.2. The number of quaternary nitrogens is 1. The maximum atomic E-state index is 13.2.